The van der Waals surface area contributed by atoms with Gasteiger partial charge in [-0.3, -0.25) is 14.6 Å². The lowest BCUT2D eigenvalue weighted by Gasteiger charge is -2.10. The van der Waals surface area contributed by atoms with Crippen molar-refractivity contribution in [3.8, 4) is 28.0 Å². The molecule has 0 radical (unpaired) electrons. The van der Waals surface area contributed by atoms with Crippen LogP contribution in [0.15, 0.2) is 83.9 Å². The number of benzene rings is 3. The number of carbonyl (C=O) groups excluding carboxylic acids is 2. The number of nitrogens with zero attached hydrogens (tertiary/aromatic N) is 1. The first-order valence-electron chi connectivity index (χ1n) is 11.6. The largest absolute Gasteiger partial charge is 0.508 e. The second-order valence-electron chi connectivity index (χ2n) is 8.32. The van der Waals surface area contributed by atoms with Crippen LogP contribution < -0.4 is 5.32 Å². The van der Waals surface area contributed by atoms with Crippen LogP contribution in [-0.2, 0) is 16.1 Å². The van der Waals surface area contributed by atoms with Gasteiger partial charge in [0.15, 0.2) is 0 Å². The van der Waals surface area contributed by atoms with Gasteiger partial charge in [0, 0.05) is 16.7 Å². The molecule has 0 atom stereocenters. The van der Waals surface area contributed by atoms with Gasteiger partial charge >= 0.3 is 0 Å². The Balaban J connectivity index is 0.000000886. The van der Waals surface area contributed by atoms with Gasteiger partial charge in [-0.1, -0.05) is 36.4 Å². The Morgan fingerprint density at radius 1 is 0.946 bits per heavy atom. The lowest BCUT2D eigenvalue weighted by atomic mass is 9.98. The molecule has 0 saturated carbocycles. The summed E-state index contributed by atoms with van der Waals surface area (Å²) in [7, 11) is 1.31. The predicted molar refractivity (Wildman–Crippen MR) is 149 cm³/mol. The van der Waals surface area contributed by atoms with E-state index >= 15 is 0 Å². The van der Waals surface area contributed by atoms with Crippen LogP contribution >= 0.6 is 11.8 Å². The molecule has 0 unspecified atom stereocenters. The Morgan fingerprint density at radius 2 is 1.59 bits per heavy atom. The summed E-state index contributed by atoms with van der Waals surface area (Å²) in [5, 5.41) is 13.0. The van der Waals surface area contributed by atoms with Crippen LogP contribution in [0, 0.1) is 13.8 Å². The van der Waals surface area contributed by atoms with Crippen molar-refractivity contribution >= 4 is 24.1 Å². The van der Waals surface area contributed by atoms with Crippen LogP contribution in [0.5, 0.6) is 5.75 Å². The fraction of sp³-hybridized carbons (Fsp3) is 0.167. The number of hydrogen-bond donors (Lipinski definition) is 2. The highest BCUT2D eigenvalue weighted by atomic mass is 32.2. The van der Waals surface area contributed by atoms with Gasteiger partial charge in [-0.2, -0.15) is 0 Å². The molecular weight excluding hydrogens is 484 g/mol. The molecule has 0 spiro atoms. The molecule has 0 aliphatic rings. The van der Waals surface area contributed by atoms with E-state index in [-0.39, 0.29) is 11.7 Å². The number of aryl methyl sites for hydroxylation is 2. The monoisotopic (exact) mass is 514 g/mol. The van der Waals surface area contributed by atoms with E-state index in [0.29, 0.717) is 18.6 Å². The fourth-order valence-corrected chi connectivity index (χ4v) is 4.29. The Labute approximate surface area is 221 Å². The molecule has 1 heterocycles. The summed E-state index contributed by atoms with van der Waals surface area (Å²) < 4.78 is 3.86. The second-order valence-corrected chi connectivity index (χ2v) is 9.17. The smallest absolute Gasteiger partial charge is 0.292 e. The highest BCUT2D eigenvalue weighted by Crippen LogP contribution is 2.29. The lowest BCUT2D eigenvalue weighted by Crippen LogP contribution is -2.23. The van der Waals surface area contributed by atoms with Crippen LogP contribution in [-0.4, -0.2) is 35.8 Å². The van der Waals surface area contributed by atoms with E-state index in [1.165, 1.54) is 7.11 Å². The van der Waals surface area contributed by atoms with Gasteiger partial charge in [-0.15, -0.1) is 11.8 Å². The standard InChI is InChI=1S/C28H26N2O2S.C2H4O2/c1-18-7-9-22(15-26(18)31)20-5-4-6-21(13-20)23-11-12-29-25(14-23)17-30-28(32)24-10-8-19(2)27(16-24)33-3;1-4-2-3/h4-16,31H,17H2,1-3H3,(H,30,32);2H,1H3. The van der Waals surface area contributed by atoms with Gasteiger partial charge < -0.3 is 15.2 Å². The summed E-state index contributed by atoms with van der Waals surface area (Å²) >= 11 is 1.64. The highest BCUT2D eigenvalue weighted by Gasteiger charge is 2.09. The minimum atomic E-state index is -0.112. The number of amides is 1. The number of aromatic nitrogens is 1. The zero-order valence-electron chi connectivity index (χ0n) is 21.3. The summed E-state index contributed by atoms with van der Waals surface area (Å²) in [4.78, 5) is 27.1. The molecule has 190 valence electrons. The zero-order chi connectivity index (χ0) is 26.8. The van der Waals surface area contributed by atoms with Gasteiger partial charge in [0.2, 0.25) is 0 Å². The van der Waals surface area contributed by atoms with Crippen LogP contribution in [0.25, 0.3) is 22.3 Å². The minimum absolute atomic E-state index is 0.112. The molecule has 6 nitrogen and oxygen atoms in total. The summed E-state index contributed by atoms with van der Waals surface area (Å²) in [6.07, 6.45) is 3.77. The minimum Gasteiger partial charge on any atom is -0.508 e. The van der Waals surface area contributed by atoms with Crippen LogP contribution in [0.1, 0.15) is 27.2 Å². The summed E-state index contributed by atoms with van der Waals surface area (Å²) in [5.74, 6) is 0.178. The first-order chi connectivity index (χ1) is 17.9. The number of carbonyl (C=O) groups is 2. The maximum Gasteiger partial charge on any atom is 0.292 e. The molecular formula is C30H30N2O4S. The number of ether oxygens (including phenoxy) is 1. The van der Waals surface area contributed by atoms with Crippen LogP contribution in [0.3, 0.4) is 0 Å². The number of rotatable bonds is 7. The van der Waals surface area contributed by atoms with E-state index in [0.717, 1.165) is 44.0 Å². The molecule has 1 aromatic heterocycles. The molecule has 0 bridgehead atoms. The average molecular weight is 515 g/mol. The molecule has 7 heteroatoms. The van der Waals surface area contributed by atoms with Crippen molar-refractivity contribution < 1.29 is 19.4 Å². The van der Waals surface area contributed by atoms with E-state index in [1.54, 1.807) is 24.0 Å². The third-order valence-corrected chi connectivity index (χ3v) is 6.63. The van der Waals surface area contributed by atoms with Crippen molar-refractivity contribution in [3.63, 3.8) is 0 Å². The summed E-state index contributed by atoms with van der Waals surface area (Å²) in [6.45, 7) is 4.65. The molecule has 1 amide bonds. The number of phenols is 1. The molecule has 0 saturated heterocycles. The van der Waals surface area contributed by atoms with Crippen LogP contribution in [0.2, 0.25) is 0 Å². The van der Waals surface area contributed by atoms with E-state index in [2.05, 4.69) is 21.1 Å². The zero-order valence-corrected chi connectivity index (χ0v) is 22.1. The molecule has 2 N–H and O–H groups in total. The molecule has 3 aromatic carbocycles. The van der Waals surface area contributed by atoms with Gasteiger partial charge in [0.1, 0.15) is 5.75 Å². The highest BCUT2D eigenvalue weighted by molar-refractivity contribution is 7.98. The van der Waals surface area contributed by atoms with E-state index < -0.39 is 0 Å². The number of pyridine rings is 1. The Hall–Kier alpha value is -4.10. The number of thioether (sulfide) groups is 1. The van der Waals surface area contributed by atoms with Crippen molar-refractivity contribution in [2.24, 2.45) is 0 Å². The molecule has 4 aromatic rings. The number of aromatic hydroxyl groups is 1. The quantitative estimate of drug-likeness (QED) is 0.226. The Morgan fingerprint density at radius 3 is 2.24 bits per heavy atom. The number of methoxy groups -OCH3 is 1. The first kappa shape index (κ1) is 27.5. The lowest BCUT2D eigenvalue weighted by molar-refractivity contribution is -0.126. The van der Waals surface area contributed by atoms with Gasteiger partial charge in [0.25, 0.3) is 12.4 Å². The van der Waals surface area contributed by atoms with E-state index in [1.807, 2.05) is 80.8 Å². The third-order valence-electron chi connectivity index (χ3n) is 5.75. The topological polar surface area (TPSA) is 88.5 Å². The summed E-state index contributed by atoms with van der Waals surface area (Å²) in [5.41, 5.74) is 7.51. The molecule has 0 aliphatic heterocycles. The van der Waals surface area contributed by atoms with Gasteiger partial charge in [-0.25, -0.2) is 0 Å². The number of phenolic OH excluding ortho intramolecular Hbond substituents is 1. The predicted octanol–water partition coefficient (Wildman–Crippen LogP) is 6.18. The maximum atomic E-state index is 12.6. The Kier molecular flexibility index (Phi) is 9.86. The fourth-order valence-electron chi connectivity index (χ4n) is 3.66. The second kappa shape index (κ2) is 13.3. The van der Waals surface area contributed by atoms with Gasteiger partial charge in [-0.05, 0) is 89.9 Å². The van der Waals surface area contributed by atoms with Crippen molar-refractivity contribution in [3.05, 3.63) is 101 Å². The molecule has 0 fully saturated rings. The van der Waals surface area contributed by atoms with E-state index in [4.69, 9.17) is 4.79 Å². The first-order valence-corrected chi connectivity index (χ1v) is 12.8. The third kappa shape index (κ3) is 7.44. The van der Waals surface area contributed by atoms with Crippen molar-refractivity contribution in [1.29, 1.82) is 0 Å². The molecule has 4 rings (SSSR count). The summed E-state index contributed by atoms with van der Waals surface area (Å²) in [6, 6.07) is 23.6. The number of nitrogens with one attached hydrogen (secondary N) is 1. The van der Waals surface area contributed by atoms with E-state index in [9.17, 15) is 9.90 Å². The average Bonchev–Trinajstić information content (AvgIpc) is 2.94. The van der Waals surface area contributed by atoms with Crippen molar-refractivity contribution in [2.75, 3.05) is 13.4 Å². The Bertz CT molecular complexity index is 1390. The van der Waals surface area contributed by atoms with Crippen molar-refractivity contribution in [1.82, 2.24) is 10.3 Å². The molecule has 0 aliphatic carbocycles. The number of hydrogen-bond acceptors (Lipinski definition) is 6. The maximum absolute atomic E-state index is 12.6. The van der Waals surface area contributed by atoms with Crippen LogP contribution in [0.4, 0.5) is 0 Å². The van der Waals surface area contributed by atoms with Gasteiger partial charge in [0.05, 0.1) is 19.3 Å². The SMILES string of the molecule is COC=O.CSc1cc(C(=O)NCc2cc(-c3cccc(-c4ccc(C)c(O)c4)c3)ccn2)ccc1C. The normalized spacial score (nSPS) is 10.2. The molecule has 37 heavy (non-hydrogen) atoms. The van der Waals surface area contributed by atoms with Crippen molar-refractivity contribution in [2.45, 2.75) is 25.3 Å².